The summed E-state index contributed by atoms with van der Waals surface area (Å²) in [5.74, 6) is 0.676. The molecule has 0 aromatic heterocycles. The summed E-state index contributed by atoms with van der Waals surface area (Å²) in [6.45, 7) is 4.38. The summed E-state index contributed by atoms with van der Waals surface area (Å²) in [4.78, 5) is 12.8. The molecule has 1 amide bonds. The third kappa shape index (κ3) is 7.27. The average molecular weight is 497 g/mol. The molecule has 0 saturated heterocycles. The number of ether oxygens (including phenoxy) is 2. The lowest BCUT2D eigenvalue weighted by atomic mass is 9.99. The number of rotatable bonds is 13. The number of hydrogen-bond acceptors (Lipinski definition) is 5. The van der Waals surface area contributed by atoms with Crippen LogP contribution in [0.25, 0.3) is 0 Å². The van der Waals surface area contributed by atoms with Crippen LogP contribution >= 0.6 is 11.6 Å². The van der Waals surface area contributed by atoms with E-state index in [0.29, 0.717) is 28.9 Å². The molecule has 0 aliphatic heterocycles. The van der Waals surface area contributed by atoms with E-state index >= 15 is 0 Å². The van der Waals surface area contributed by atoms with Gasteiger partial charge < -0.3 is 14.8 Å². The van der Waals surface area contributed by atoms with Gasteiger partial charge in [-0.05, 0) is 48.7 Å². The van der Waals surface area contributed by atoms with Crippen molar-refractivity contribution in [1.82, 2.24) is 5.32 Å². The largest absolute Gasteiger partial charge is 0.493 e. The van der Waals surface area contributed by atoms with Crippen molar-refractivity contribution in [3.05, 3.63) is 47.5 Å². The molecule has 0 radical (unpaired) electrons. The van der Waals surface area contributed by atoms with Crippen molar-refractivity contribution in [2.24, 2.45) is 5.92 Å². The number of anilines is 1. The fourth-order valence-corrected chi connectivity index (χ4v) is 4.98. The van der Waals surface area contributed by atoms with Crippen molar-refractivity contribution in [1.29, 1.82) is 0 Å². The van der Waals surface area contributed by atoms with Crippen molar-refractivity contribution >= 4 is 33.2 Å². The molecule has 2 rings (SSSR count). The van der Waals surface area contributed by atoms with E-state index in [9.17, 15) is 13.2 Å². The topological polar surface area (TPSA) is 84.9 Å². The van der Waals surface area contributed by atoms with Gasteiger partial charge in [-0.2, -0.15) is 0 Å². The molecule has 1 atom stereocenters. The second-order valence-electron chi connectivity index (χ2n) is 7.73. The maximum Gasteiger partial charge on any atom is 0.264 e. The van der Waals surface area contributed by atoms with Gasteiger partial charge >= 0.3 is 0 Å². The van der Waals surface area contributed by atoms with Crippen molar-refractivity contribution in [3.63, 3.8) is 0 Å². The fourth-order valence-electron chi connectivity index (χ4n) is 3.41. The predicted molar refractivity (Wildman–Crippen MR) is 132 cm³/mol. The minimum absolute atomic E-state index is 0.0164. The van der Waals surface area contributed by atoms with Crippen molar-refractivity contribution < 1.29 is 22.7 Å². The number of sulfonamides is 1. The number of nitrogens with zero attached hydrogens (tertiary/aromatic N) is 1. The Morgan fingerprint density at radius 3 is 2.30 bits per heavy atom. The van der Waals surface area contributed by atoms with Gasteiger partial charge in [0.2, 0.25) is 5.91 Å². The monoisotopic (exact) mass is 496 g/mol. The SMILES string of the molecule is CCCC[C@@H](CC)CNC(=O)CN(c1ccc(Cl)cc1)S(=O)(=O)c1ccc(OC)c(OC)c1. The number of carbonyl (C=O) groups is 1. The van der Waals surface area contributed by atoms with Crippen LogP contribution in [-0.4, -0.2) is 41.6 Å². The van der Waals surface area contributed by atoms with Gasteiger partial charge in [0.05, 0.1) is 24.8 Å². The van der Waals surface area contributed by atoms with Crippen LogP contribution in [0.15, 0.2) is 47.4 Å². The zero-order valence-electron chi connectivity index (χ0n) is 19.6. The summed E-state index contributed by atoms with van der Waals surface area (Å²) in [7, 11) is -1.18. The van der Waals surface area contributed by atoms with Crippen LogP contribution in [0.3, 0.4) is 0 Å². The van der Waals surface area contributed by atoms with Crippen LogP contribution < -0.4 is 19.1 Å². The zero-order chi connectivity index (χ0) is 24.4. The number of benzene rings is 2. The summed E-state index contributed by atoms with van der Waals surface area (Å²) < 4.78 is 38.7. The summed E-state index contributed by atoms with van der Waals surface area (Å²) in [6, 6.07) is 10.6. The van der Waals surface area contributed by atoms with Gasteiger partial charge in [-0.1, -0.05) is 44.7 Å². The minimum atomic E-state index is -4.08. The predicted octanol–water partition coefficient (Wildman–Crippen LogP) is 4.89. The van der Waals surface area contributed by atoms with E-state index in [1.165, 1.54) is 32.4 Å². The first-order chi connectivity index (χ1) is 15.8. The maximum absolute atomic E-state index is 13.6. The lowest BCUT2D eigenvalue weighted by molar-refractivity contribution is -0.119. The number of nitrogens with one attached hydrogen (secondary N) is 1. The second kappa shape index (κ2) is 12.7. The van der Waals surface area contributed by atoms with Gasteiger partial charge in [-0.3, -0.25) is 9.10 Å². The highest BCUT2D eigenvalue weighted by molar-refractivity contribution is 7.92. The van der Waals surface area contributed by atoms with E-state index in [-0.39, 0.29) is 23.1 Å². The molecular formula is C24H33ClN2O5S. The molecule has 0 bridgehead atoms. The van der Waals surface area contributed by atoms with Crippen molar-refractivity contribution in [2.75, 3.05) is 31.6 Å². The third-order valence-corrected chi connectivity index (χ3v) is 7.50. The Kier molecular flexibility index (Phi) is 10.3. The van der Waals surface area contributed by atoms with Crippen LogP contribution in [0.1, 0.15) is 39.5 Å². The second-order valence-corrected chi connectivity index (χ2v) is 10.0. The first-order valence-electron chi connectivity index (χ1n) is 11.0. The molecule has 9 heteroatoms. The van der Waals surface area contributed by atoms with Crippen LogP contribution in [0.4, 0.5) is 5.69 Å². The molecule has 7 nitrogen and oxygen atoms in total. The smallest absolute Gasteiger partial charge is 0.264 e. The highest BCUT2D eigenvalue weighted by Crippen LogP contribution is 2.32. The van der Waals surface area contributed by atoms with Crippen molar-refractivity contribution in [2.45, 2.75) is 44.4 Å². The number of unbranched alkanes of at least 4 members (excludes halogenated alkanes) is 1. The Balaban J connectivity index is 2.32. The molecule has 2 aromatic carbocycles. The Morgan fingerprint density at radius 1 is 1.06 bits per heavy atom. The molecule has 0 saturated carbocycles. The first-order valence-corrected chi connectivity index (χ1v) is 12.9. The lowest BCUT2D eigenvalue weighted by Crippen LogP contribution is -2.42. The third-order valence-electron chi connectivity index (χ3n) is 5.48. The van der Waals surface area contributed by atoms with Gasteiger partial charge in [-0.15, -0.1) is 0 Å². The minimum Gasteiger partial charge on any atom is -0.493 e. The Bertz CT molecular complexity index is 1010. The van der Waals surface area contributed by atoms with E-state index in [2.05, 4.69) is 19.2 Å². The van der Waals surface area contributed by atoms with E-state index in [0.717, 1.165) is 30.0 Å². The summed E-state index contributed by atoms with van der Waals surface area (Å²) >= 11 is 5.99. The van der Waals surface area contributed by atoms with Gasteiger partial charge in [0, 0.05) is 17.6 Å². The van der Waals surface area contributed by atoms with E-state index in [4.69, 9.17) is 21.1 Å². The van der Waals surface area contributed by atoms with E-state index < -0.39 is 10.0 Å². The van der Waals surface area contributed by atoms with Crippen LogP contribution in [0.5, 0.6) is 11.5 Å². The number of amides is 1. The molecule has 0 aliphatic carbocycles. The molecule has 33 heavy (non-hydrogen) atoms. The molecule has 0 aliphatic rings. The Morgan fingerprint density at radius 2 is 1.73 bits per heavy atom. The number of methoxy groups -OCH3 is 2. The normalized spacial score (nSPS) is 12.2. The molecule has 0 spiro atoms. The Hall–Kier alpha value is -2.45. The van der Waals surface area contributed by atoms with E-state index in [1.54, 1.807) is 24.3 Å². The van der Waals surface area contributed by atoms with Crippen LogP contribution in [0, 0.1) is 5.92 Å². The van der Waals surface area contributed by atoms with Crippen molar-refractivity contribution in [3.8, 4) is 11.5 Å². The quantitative estimate of drug-likeness (QED) is 0.427. The van der Waals surface area contributed by atoms with Gasteiger partial charge in [0.15, 0.2) is 11.5 Å². The molecule has 2 aromatic rings. The number of hydrogen-bond donors (Lipinski definition) is 1. The summed E-state index contributed by atoms with van der Waals surface area (Å²) in [6.07, 6.45) is 4.17. The molecule has 0 heterocycles. The summed E-state index contributed by atoms with van der Waals surface area (Å²) in [5, 5.41) is 3.37. The zero-order valence-corrected chi connectivity index (χ0v) is 21.2. The maximum atomic E-state index is 13.6. The Labute approximate surface area is 202 Å². The molecule has 0 fully saturated rings. The first kappa shape index (κ1) is 26.8. The van der Waals surface area contributed by atoms with Crippen LogP contribution in [0.2, 0.25) is 5.02 Å². The van der Waals surface area contributed by atoms with Gasteiger partial charge in [0.25, 0.3) is 10.0 Å². The highest BCUT2D eigenvalue weighted by Gasteiger charge is 2.28. The summed E-state index contributed by atoms with van der Waals surface area (Å²) in [5.41, 5.74) is 0.336. The molecular weight excluding hydrogens is 464 g/mol. The fraction of sp³-hybridized carbons (Fsp3) is 0.458. The van der Waals surface area contributed by atoms with E-state index in [1.807, 2.05) is 0 Å². The standard InChI is InChI=1S/C24H33ClN2O5S/c1-5-7-8-18(6-2)16-26-24(28)17-27(20-11-9-19(25)10-12-20)33(29,30)21-13-14-22(31-3)23(15-21)32-4/h9-15,18H,5-8,16-17H2,1-4H3,(H,26,28)/t18-/m1/s1. The van der Waals surface area contributed by atoms with Gasteiger partial charge in [0.1, 0.15) is 6.54 Å². The van der Waals surface area contributed by atoms with Gasteiger partial charge in [-0.25, -0.2) is 8.42 Å². The molecule has 0 unspecified atom stereocenters. The van der Waals surface area contributed by atoms with Crippen LogP contribution in [-0.2, 0) is 14.8 Å². The molecule has 182 valence electrons. The number of halogens is 1. The molecule has 1 N–H and O–H groups in total. The lowest BCUT2D eigenvalue weighted by Gasteiger charge is -2.25. The average Bonchev–Trinajstić information content (AvgIpc) is 2.82. The highest BCUT2D eigenvalue weighted by atomic mass is 35.5. The number of carbonyl (C=O) groups excluding carboxylic acids is 1.